The van der Waals surface area contributed by atoms with Crippen LogP contribution in [0.4, 0.5) is 10.5 Å². The number of hydrogen-bond donors (Lipinski definition) is 1. The van der Waals surface area contributed by atoms with Gasteiger partial charge < -0.3 is 19.9 Å². The van der Waals surface area contributed by atoms with E-state index in [1.54, 1.807) is 7.11 Å². The molecule has 0 bridgehead atoms. The number of piperazine rings is 1. The number of urea groups is 1. The Morgan fingerprint density at radius 2 is 2.00 bits per heavy atom. The molecule has 0 radical (unpaired) electrons. The fourth-order valence-electron chi connectivity index (χ4n) is 4.02. The van der Waals surface area contributed by atoms with Crippen LogP contribution in [0.1, 0.15) is 18.4 Å². The summed E-state index contributed by atoms with van der Waals surface area (Å²) in [4.78, 5) is 19.4. The molecule has 6 heteroatoms. The minimum Gasteiger partial charge on any atom is -0.496 e. The summed E-state index contributed by atoms with van der Waals surface area (Å²) in [5.41, 5.74) is 1.84. The quantitative estimate of drug-likeness (QED) is 0.896. The summed E-state index contributed by atoms with van der Waals surface area (Å²) < 4.78 is 5.33. The molecule has 0 saturated carbocycles. The van der Waals surface area contributed by atoms with E-state index in [2.05, 4.69) is 22.2 Å². The summed E-state index contributed by atoms with van der Waals surface area (Å²) in [7, 11) is 3.87. The van der Waals surface area contributed by atoms with Gasteiger partial charge in [0.2, 0.25) is 0 Å². The monoisotopic (exact) mass is 360 g/mol. The molecule has 0 aliphatic carbocycles. The molecule has 144 valence electrons. The zero-order valence-electron chi connectivity index (χ0n) is 16.3. The Bertz CT molecular complexity index is 614. The highest BCUT2D eigenvalue weighted by Crippen LogP contribution is 2.22. The summed E-state index contributed by atoms with van der Waals surface area (Å²) in [6.07, 6.45) is 2.64. The maximum absolute atomic E-state index is 12.5. The molecule has 0 unspecified atom stereocenters. The van der Waals surface area contributed by atoms with Crippen molar-refractivity contribution < 1.29 is 9.53 Å². The van der Waals surface area contributed by atoms with Crippen LogP contribution >= 0.6 is 0 Å². The molecule has 1 aromatic carbocycles. The van der Waals surface area contributed by atoms with Gasteiger partial charge in [-0.05, 0) is 50.9 Å². The van der Waals surface area contributed by atoms with Crippen molar-refractivity contribution in [2.24, 2.45) is 5.92 Å². The average molecular weight is 361 g/mol. The van der Waals surface area contributed by atoms with E-state index < -0.39 is 0 Å². The number of aryl methyl sites for hydroxylation is 1. The largest absolute Gasteiger partial charge is 0.496 e. The summed E-state index contributed by atoms with van der Waals surface area (Å²) in [6, 6.07) is 5.75. The third-order valence-corrected chi connectivity index (χ3v) is 5.56. The van der Waals surface area contributed by atoms with Crippen molar-refractivity contribution in [3.05, 3.63) is 23.8 Å². The number of carbonyl (C=O) groups is 1. The van der Waals surface area contributed by atoms with E-state index in [1.807, 2.05) is 30.0 Å². The lowest BCUT2D eigenvalue weighted by molar-refractivity contribution is 0.109. The van der Waals surface area contributed by atoms with Gasteiger partial charge in [-0.1, -0.05) is 6.07 Å². The number of piperidine rings is 1. The number of hydrogen-bond acceptors (Lipinski definition) is 4. The van der Waals surface area contributed by atoms with E-state index >= 15 is 0 Å². The molecule has 0 aromatic heterocycles. The highest BCUT2D eigenvalue weighted by Gasteiger charge is 2.25. The lowest BCUT2D eigenvalue weighted by Crippen LogP contribution is -2.51. The van der Waals surface area contributed by atoms with Crippen LogP contribution in [0.3, 0.4) is 0 Å². The molecule has 2 saturated heterocycles. The Morgan fingerprint density at radius 1 is 1.23 bits per heavy atom. The number of rotatable bonds is 4. The van der Waals surface area contributed by atoms with Gasteiger partial charge in [-0.25, -0.2) is 4.79 Å². The first-order valence-corrected chi connectivity index (χ1v) is 9.66. The van der Waals surface area contributed by atoms with Crippen molar-refractivity contribution in [1.82, 2.24) is 14.7 Å². The van der Waals surface area contributed by atoms with Gasteiger partial charge in [0.25, 0.3) is 0 Å². The van der Waals surface area contributed by atoms with Crippen molar-refractivity contribution >= 4 is 11.7 Å². The number of nitrogens with one attached hydrogen (secondary N) is 1. The topological polar surface area (TPSA) is 48.1 Å². The average Bonchev–Trinajstić information content (AvgIpc) is 2.64. The molecule has 2 amide bonds. The maximum Gasteiger partial charge on any atom is 0.321 e. The Morgan fingerprint density at radius 3 is 2.69 bits per heavy atom. The summed E-state index contributed by atoms with van der Waals surface area (Å²) >= 11 is 0. The zero-order valence-corrected chi connectivity index (χ0v) is 16.3. The minimum atomic E-state index is -0.0204. The van der Waals surface area contributed by atoms with Crippen LogP contribution in [0.15, 0.2) is 18.2 Å². The second-order valence-corrected chi connectivity index (χ2v) is 7.67. The van der Waals surface area contributed by atoms with Gasteiger partial charge in [-0.3, -0.25) is 4.90 Å². The van der Waals surface area contributed by atoms with Crippen LogP contribution < -0.4 is 10.1 Å². The zero-order chi connectivity index (χ0) is 18.5. The molecule has 26 heavy (non-hydrogen) atoms. The summed E-state index contributed by atoms with van der Waals surface area (Å²) in [5.74, 6) is 1.57. The maximum atomic E-state index is 12.5. The van der Waals surface area contributed by atoms with Gasteiger partial charge in [0.05, 0.1) is 7.11 Å². The van der Waals surface area contributed by atoms with Crippen molar-refractivity contribution in [2.75, 3.05) is 65.3 Å². The first-order valence-electron chi connectivity index (χ1n) is 9.66. The van der Waals surface area contributed by atoms with Crippen molar-refractivity contribution in [3.63, 3.8) is 0 Å². The van der Waals surface area contributed by atoms with Gasteiger partial charge in [-0.2, -0.15) is 0 Å². The molecule has 6 nitrogen and oxygen atoms in total. The van der Waals surface area contributed by atoms with Crippen LogP contribution in [-0.2, 0) is 0 Å². The van der Waals surface area contributed by atoms with Crippen molar-refractivity contribution in [1.29, 1.82) is 0 Å². The van der Waals surface area contributed by atoms with Gasteiger partial charge >= 0.3 is 6.03 Å². The SMILES string of the molecule is COc1cc(NC(=O)N2CCN(C[C@H]3CCCN(C)C3)CC2)ccc1C. The minimum absolute atomic E-state index is 0.0204. The van der Waals surface area contributed by atoms with Gasteiger partial charge in [0.1, 0.15) is 5.75 Å². The Hall–Kier alpha value is -1.79. The lowest BCUT2D eigenvalue weighted by Gasteiger charge is -2.38. The van der Waals surface area contributed by atoms with E-state index in [4.69, 9.17) is 4.74 Å². The van der Waals surface area contributed by atoms with Gasteiger partial charge in [0, 0.05) is 51.0 Å². The third-order valence-electron chi connectivity index (χ3n) is 5.56. The molecule has 1 N–H and O–H groups in total. The number of anilines is 1. The Kier molecular flexibility index (Phi) is 6.38. The van der Waals surface area contributed by atoms with Crippen LogP contribution in [0.2, 0.25) is 0 Å². The molecule has 0 spiro atoms. The van der Waals surface area contributed by atoms with E-state index in [-0.39, 0.29) is 6.03 Å². The molecule has 2 aliphatic rings. The summed E-state index contributed by atoms with van der Waals surface area (Å²) in [6.45, 7) is 9.09. The van der Waals surface area contributed by atoms with E-state index in [0.29, 0.717) is 0 Å². The smallest absolute Gasteiger partial charge is 0.321 e. The number of methoxy groups -OCH3 is 1. The highest BCUT2D eigenvalue weighted by molar-refractivity contribution is 5.89. The van der Waals surface area contributed by atoms with Crippen molar-refractivity contribution in [3.8, 4) is 5.75 Å². The van der Waals surface area contributed by atoms with Gasteiger partial charge in [-0.15, -0.1) is 0 Å². The van der Waals surface area contributed by atoms with Crippen LogP contribution in [0.25, 0.3) is 0 Å². The second kappa shape index (κ2) is 8.73. The second-order valence-electron chi connectivity index (χ2n) is 7.67. The number of amides is 2. The number of nitrogens with zero attached hydrogens (tertiary/aromatic N) is 3. The van der Waals surface area contributed by atoms with Crippen molar-refractivity contribution in [2.45, 2.75) is 19.8 Å². The van der Waals surface area contributed by atoms with E-state index in [9.17, 15) is 4.79 Å². The summed E-state index contributed by atoms with van der Waals surface area (Å²) in [5, 5.41) is 3.00. The van der Waals surface area contributed by atoms with Crippen LogP contribution in [-0.4, -0.2) is 80.7 Å². The fraction of sp³-hybridized carbons (Fsp3) is 0.650. The van der Waals surface area contributed by atoms with E-state index in [0.717, 1.165) is 55.6 Å². The fourth-order valence-corrected chi connectivity index (χ4v) is 4.02. The number of ether oxygens (including phenoxy) is 1. The highest BCUT2D eigenvalue weighted by atomic mass is 16.5. The van der Waals surface area contributed by atoms with Crippen LogP contribution in [0, 0.1) is 12.8 Å². The molecule has 2 fully saturated rings. The number of benzene rings is 1. The molecule has 1 atom stereocenters. The molecule has 3 rings (SSSR count). The molecule has 1 aromatic rings. The first kappa shape index (κ1) is 19.0. The molecular weight excluding hydrogens is 328 g/mol. The van der Waals surface area contributed by atoms with Gasteiger partial charge in [0.15, 0.2) is 0 Å². The van der Waals surface area contributed by atoms with Crippen LogP contribution in [0.5, 0.6) is 5.75 Å². The Labute approximate surface area is 157 Å². The lowest BCUT2D eigenvalue weighted by atomic mass is 9.97. The predicted octanol–water partition coefficient (Wildman–Crippen LogP) is 2.49. The number of likely N-dealkylation sites (tertiary alicyclic amines) is 1. The molecule has 2 heterocycles. The van der Waals surface area contributed by atoms with E-state index in [1.165, 1.54) is 25.9 Å². The first-order chi connectivity index (χ1) is 12.5. The standard InChI is InChI=1S/C20H32N4O2/c1-16-6-7-18(13-19(16)26-3)21-20(25)24-11-9-23(10-12-24)15-17-5-4-8-22(2)14-17/h6-7,13,17H,4-5,8-12,14-15H2,1-3H3,(H,21,25)/t17-/m0/s1. The normalized spacial score (nSPS) is 22.3. The predicted molar refractivity (Wildman–Crippen MR) is 105 cm³/mol. The molecule has 2 aliphatic heterocycles. The number of carbonyl (C=O) groups excluding carboxylic acids is 1. The molecular formula is C20H32N4O2. The Balaban J connectivity index is 1.46. The third kappa shape index (κ3) is 4.89.